The summed E-state index contributed by atoms with van der Waals surface area (Å²) in [6, 6.07) is 12.7. The summed E-state index contributed by atoms with van der Waals surface area (Å²) in [5.74, 6) is -1.89. The fourth-order valence-electron chi connectivity index (χ4n) is 5.13. The normalized spacial score (nSPS) is 17.4. The van der Waals surface area contributed by atoms with Crippen LogP contribution in [0.3, 0.4) is 0 Å². The Hall–Kier alpha value is -4.11. The number of amides is 2. The Morgan fingerprint density at radius 3 is 2.17 bits per heavy atom. The molecule has 2 aromatic heterocycles. The van der Waals surface area contributed by atoms with E-state index in [2.05, 4.69) is 15.3 Å². The molecular formula is C27H29N5O4. The van der Waals surface area contributed by atoms with Crippen molar-refractivity contribution in [1.82, 2.24) is 20.2 Å². The summed E-state index contributed by atoms with van der Waals surface area (Å²) >= 11 is 0. The third-order valence-electron chi connectivity index (χ3n) is 6.98. The Kier molecular flexibility index (Phi) is 6.47. The summed E-state index contributed by atoms with van der Waals surface area (Å²) < 4.78 is 0. The highest BCUT2D eigenvalue weighted by molar-refractivity contribution is 5.93. The fourth-order valence-corrected chi connectivity index (χ4v) is 5.13. The molecule has 0 unspecified atom stereocenters. The molecule has 186 valence electrons. The molecule has 0 spiro atoms. The zero-order valence-corrected chi connectivity index (χ0v) is 19.7. The Labute approximate surface area is 207 Å². The van der Waals surface area contributed by atoms with Crippen LogP contribution < -0.4 is 11.1 Å². The largest absolute Gasteiger partial charge is 0.480 e. The van der Waals surface area contributed by atoms with E-state index in [9.17, 15) is 19.5 Å². The van der Waals surface area contributed by atoms with Crippen LogP contribution in [0.4, 0.5) is 0 Å². The van der Waals surface area contributed by atoms with Gasteiger partial charge in [-0.2, -0.15) is 0 Å². The minimum atomic E-state index is -1.12. The van der Waals surface area contributed by atoms with Gasteiger partial charge >= 0.3 is 5.97 Å². The van der Waals surface area contributed by atoms with Crippen LogP contribution in [-0.4, -0.2) is 62.4 Å². The second-order valence-electron chi connectivity index (χ2n) is 9.32. The molecule has 36 heavy (non-hydrogen) atoms. The summed E-state index contributed by atoms with van der Waals surface area (Å²) in [6.45, 7) is 0.415. The molecule has 1 aliphatic rings. The first-order chi connectivity index (χ1) is 17.4. The number of aromatic amines is 2. The third kappa shape index (κ3) is 4.57. The summed E-state index contributed by atoms with van der Waals surface area (Å²) in [4.78, 5) is 46.2. The van der Waals surface area contributed by atoms with Gasteiger partial charge in [0.05, 0.1) is 6.04 Å². The van der Waals surface area contributed by atoms with Crippen molar-refractivity contribution in [3.8, 4) is 0 Å². The van der Waals surface area contributed by atoms with Crippen LogP contribution in [0.15, 0.2) is 60.9 Å². The third-order valence-corrected chi connectivity index (χ3v) is 6.98. The molecule has 3 atom stereocenters. The first-order valence-corrected chi connectivity index (χ1v) is 12.1. The zero-order chi connectivity index (χ0) is 25.2. The Morgan fingerprint density at radius 1 is 0.972 bits per heavy atom. The van der Waals surface area contributed by atoms with Gasteiger partial charge in [-0.25, -0.2) is 4.79 Å². The molecule has 3 heterocycles. The number of nitrogens with two attached hydrogens (primary N) is 1. The minimum absolute atomic E-state index is 0.131. The minimum Gasteiger partial charge on any atom is -0.480 e. The number of nitrogens with one attached hydrogen (secondary N) is 3. The molecule has 9 nitrogen and oxygen atoms in total. The predicted molar refractivity (Wildman–Crippen MR) is 136 cm³/mol. The Morgan fingerprint density at radius 2 is 1.56 bits per heavy atom. The molecule has 9 heteroatoms. The SMILES string of the molecule is N[C@@H](Cc1c[nH]c2ccccc12)C(=O)N1CCC[C@H]1C(=O)N[C@@H](Cc1c[nH]c2ccccc12)C(=O)O. The molecule has 1 aliphatic heterocycles. The molecule has 6 N–H and O–H groups in total. The molecule has 0 radical (unpaired) electrons. The smallest absolute Gasteiger partial charge is 0.326 e. The van der Waals surface area contributed by atoms with E-state index in [1.165, 1.54) is 4.90 Å². The number of fused-ring (bicyclic) bond motifs is 2. The number of carboxylic acid groups (broad SMARTS) is 1. The van der Waals surface area contributed by atoms with Crippen LogP contribution >= 0.6 is 0 Å². The molecule has 2 aromatic carbocycles. The quantitative estimate of drug-likeness (QED) is 0.259. The van der Waals surface area contributed by atoms with Gasteiger partial charge in [0.1, 0.15) is 12.1 Å². The summed E-state index contributed by atoms with van der Waals surface area (Å²) in [5, 5.41) is 14.4. The van der Waals surface area contributed by atoms with Crippen LogP contribution in [0.1, 0.15) is 24.0 Å². The zero-order valence-electron chi connectivity index (χ0n) is 19.7. The van der Waals surface area contributed by atoms with Crippen LogP contribution in [0.5, 0.6) is 0 Å². The monoisotopic (exact) mass is 487 g/mol. The number of aromatic nitrogens is 2. The van der Waals surface area contributed by atoms with Crippen LogP contribution in [0.2, 0.25) is 0 Å². The maximum absolute atomic E-state index is 13.2. The average molecular weight is 488 g/mol. The van der Waals surface area contributed by atoms with E-state index in [0.717, 1.165) is 32.9 Å². The molecule has 1 fully saturated rings. The van der Waals surface area contributed by atoms with Crippen molar-refractivity contribution >= 4 is 39.6 Å². The Balaban J connectivity index is 1.26. The maximum atomic E-state index is 13.2. The van der Waals surface area contributed by atoms with E-state index in [1.807, 2.05) is 54.7 Å². The maximum Gasteiger partial charge on any atom is 0.326 e. The lowest BCUT2D eigenvalue weighted by molar-refractivity contribution is -0.144. The number of rotatable bonds is 8. The summed E-state index contributed by atoms with van der Waals surface area (Å²) in [5.41, 5.74) is 9.92. The van der Waals surface area contributed by atoms with E-state index in [-0.39, 0.29) is 12.3 Å². The predicted octanol–water partition coefficient (Wildman–Crippen LogP) is 2.32. The van der Waals surface area contributed by atoms with Crippen molar-refractivity contribution in [2.45, 2.75) is 43.8 Å². The molecule has 1 saturated heterocycles. The van der Waals surface area contributed by atoms with Crippen LogP contribution in [-0.2, 0) is 27.2 Å². The molecule has 5 rings (SSSR count). The standard InChI is InChI=1S/C27H29N5O4/c28-20(12-16-14-29-21-8-3-1-6-18(16)21)26(34)32-11-5-10-24(32)25(33)31-23(27(35)36)13-17-15-30-22-9-4-2-7-19(17)22/h1-4,6-9,14-15,20,23-24,29-30H,5,10-13,28H2,(H,31,33)(H,35,36)/t20-,23-,24-/m0/s1. The lowest BCUT2D eigenvalue weighted by Gasteiger charge is -2.27. The number of hydrogen-bond donors (Lipinski definition) is 5. The van der Waals surface area contributed by atoms with Gasteiger partial charge in [-0.3, -0.25) is 9.59 Å². The molecule has 0 saturated carbocycles. The van der Waals surface area contributed by atoms with E-state index < -0.39 is 30.0 Å². The first kappa shape index (κ1) is 23.6. The highest BCUT2D eigenvalue weighted by Crippen LogP contribution is 2.23. The van der Waals surface area contributed by atoms with Crippen molar-refractivity contribution in [3.05, 3.63) is 72.1 Å². The summed E-state index contributed by atoms with van der Waals surface area (Å²) in [7, 11) is 0. The van der Waals surface area contributed by atoms with Crippen molar-refractivity contribution in [3.63, 3.8) is 0 Å². The fraction of sp³-hybridized carbons (Fsp3) is 0.296. The van der Waals surface area contributed by atoms with Gasteiger partial charge in [0, 0.05) is 47.2 Å². The van der Waals surface area contributed by atoms with Crippen molar-refractivity contribution in [2.24, 2.45) is 5.73 Å². The number of para-hydroxylation sites is 2. The van der Waals surface area contributed by atoms with E-state index in [1.54, 1.807) is 6.20 Å². The number of likely N-dealkylation sites (tertiary alicyclic amines) is 1. The number of benzene rings is 2. The van der Waals surface area contributed by atoms with Gasteiger partial charge in [0.15, 0.2) is 0 Å². The lowest BCUT2D eigenvalue weighted by atomic mass is 10.0. The Bertz CT molecular complexity index is 1420. The van der Waals surface area contributed by atoms with E-state index in [4.69, 9.17) is 5.73 Å². The van der Waals surface area contributed by atoms with Crippen molar-refractivity contribution < 1.29 is 19.5 Å². The molecular weight excluding hydrogens is 458 g/mol. The number of H-pyrrole nitrogens is 2. The van der Waals surface area contributed by atoms with Gasteiger partial charge in [-0.15, -0.1) is 0 Å². The highest BCUT2D eigenvalue weighted by atomic mass is 16.4. The molecule has 0 aliphatic carbocycles. The van der Waals surface area contributed by atoms with Gasteiger partial charge in [0.2, 0.25) is 11.8 Å². The van der Waals surface area contributed by atoms with E-state index in [0.29, 0.717) is 25.8 Å². The number of nitrogens with zero attached hydrogens (tertiary/aromatic N) is 1. The number of carbonyl (C=O) groups excluding carboxylic acids is 2. The molecule has 4 aromatic rings. The van der Waals surface area contributed by atoms with Crippen molar-refractivity contribution in [1.29, 1.82) is 0 Å². The van der Waals surface area contributed by atoms with E-state index >= 15 is 0 Å². The van der Waals surface area contributed by atoms with Gasteiger partial charge in [-0.05, 0) is 42.5 Å². The number of carboxylic acids is 1. The van der Waals surface area contributed by atoms with Gasteiger partial charge in [0.25, 0.3) is 0 Å². The number of carbonyl (C=O) groups is 3. The van der Waals surface area contributed by atoms with Crippen LogP contribution in [0, 0.1) is 0 Å². The second kappa shape index (κ2) is 9.87. The molecule has 2 amide bonds. The topological polar surface area (TPSA) is 144 Å². The highest BCUT2D eigenvalue weighted by Gasteiger charge is 2.37. The lowest BCUT2D eigenvalue weighted by Crippen LogP contribution is -2.54. The van der Waals surface area contributed by atoms with Gasteiger partial charge in [-0.1, -0.05) is 36.4 Å². The van der Waals surface area contributed by atoms with Gasteiger partial charge < -0.3 is 31.0 Å². The van der Waals surface area contributed by atoms with Crippen LogP contribution in [0.25, 0.3) is 21.8 Å². The van der Waals surface area contributed by atoms with Crippen molar-refractivity contribution in [2.75, 3.05) is 6.54 Å². The number of hydrogen-bond acceptors (Lipinski definition) is 4. The average Bonchev–Trinajstić information content (AvgIpc) is 3.62. The summed E-state index contributed by atoms with van der Waals surface area (Å²) in [6.07, 6.45) is 5.22. The first-order valence-electron chi connectivity index (χ1n) is 12.1. The second-order valence-corrected chi connectivity index (χ2v) is 9.32. The molecule has 0 bridgehead atoms. The number of aliphatic carboxylic acids is 1.